The number of amides is 1. The molecule has 3 rings (SSSR count). The third-order valence-corrected chi connectivity index (χ3v) is 5.84. The minimum Gasteiger partial charge on any atom is -0.484 e. The van der Waals surface area contributed by atoms with Crippen LogP contribution in [0.2, 0.25) is 15.1 Å². The van der Waals surface area contributed by atoms with E-state index < -0.39 is 0 Å². The lowest BCUT2D eigenvalue weighted by atomic mass is 10.2. The van der Waals surface area contributed by atoms with Gasteiger partial charge in [-0.05, 0) is 42.8 Å². The topological polar surface area (TPSA) is 69.0 Å². The summed E-state index contributed by atoms with van der Waals surface area (Å²) < 4.78 is 7.65. The van der Waals surface area contributed by atoms with Crippen molar-refractivity contribution < 1.29 is 9.53 Å². The van der Waals surface area contributed by atoms with Crippen molar-refractivity contribution in [2.45, 2.75) is 31.8 Å². The lowest BCUT2D eigenvalue weighted by Gasteiger charge is -2.10. The molecule has 0 fully saturated rings. The van der Waals surface area contributed by atoms with E-state index in [0.29, 0.717) is 44.9 Å². The van der Waals surface area contributed by atoms with Crippen molar-refractivity contribution in [3.8, 4) is 5.75 Å². The van der Waals surface area contributed by atoms with E-state index in [1.807, 2.05) is 23.6 Å². The van der Waals surface area contributed by atoms with Gasteiger partial charge in [-0.15, -0.1) is 10.2 Å². The molecule has 1 N–H and O–H groups in total. The summed E-state index contributed by atoms with van der Waals surface area (Å²) in [5.74, 6) is 1.30. The third kappa shape index (κ3) is 6.28. The first-order chi connectivity index (χ1) is 14.5. The number of thioether (sulfide) groups is 1. The zero-order valence-corrected chi connectivity index (χ0v) is 19.2. The lowest BCUT2D eigenvalue weighted by molar-refractivity contribution is -0.118. The van der Waals surface area contributed by atoms with Crippen LogP contribution >= 0.6 is 46.6 Å². The van der Waals surface area contributed by atoms with Gasteiger partial charge in [0, 0.05) is 23.1 Å². The average Bonchev–Trinajstić information content (AvgIpc) is 3.13. The molecule has 10 heteroatoms. The summed E-state index contributed by atoms with van der Waals surface area (Å²) in [4.78, 5) is 12.2. The van der Waals surface area contributed by atoms with Crippen LogP contribution in [0.5, 0.6) is 5.75 Å². The molecule has 1 amide bonds. The molecule has 0 atom stereocenters. The Bertz CT molecular complexity index is 1010. The van der Waals surface area contributed by atoms with Gasteiger partial charge in [-0.3, -0.25) is 4.79 Å². The number of ether oxygens (including phenoxy) is 1. The summed E-state index contributed by atoms with van der Waals surface area (Å²) in [5, 5.41) is 13.5. The van der Waals surface area contributed by atoms with Crippen LogP contribution in [0.15, 0.2) is 47.6 Å². The largest absolute Gasteiger partial charge is 0.484 e. The summed E-state index contributed by atoms with van der Waals surface area (Å²) in [6.07, 6.45) is 0. The second-order valence-corrected chi connectivity index (χ2v) is 8.42. The van der Waals surface area contributed by atoms with Gasteiger partial charge in [-0.25, -0.2) is 0 Å². The Morgan fingerprint density at radius 1 is 1.10 bits per heavy atom. The maximum atomic E-state index is 12.2. The first-order valence-corrected chi connectivity index (χ1v) is 11.2. The van der Waals surface area contributed by atoms with Crippen LogP contribution in [0.1, 0.15) is 18.3 Å². The maximum absolute atomic E-state index is 12.2. The Hall–Kier alpha value is -1.93. The van der Waals surface area contributed by atoms with Crippen LogP contribution in [0, 0.1) is 0 Å². The third-order valence-electron chi connectivity index (χ3n) is 4.10. The molecule has 0 saturated heterocycles. The molecule has 0 radical (unpaired) electrons. The number of nitrogens with zero attached hydrogens (tertiary/aromatic N) is 3. The van der Waals surface area contributed by atoms with Gasteiger partial charge in [0.2, 0.25) is 5.91 Å². The predicted octanol–water partition coefficient (Wildman–Crippen LogP) is 5.25. The summed E-state index contributed by atoms with van der Waals surface area (Å²) >= 11 is 19.2. The highest BCUT2D eigenvalue weighted by molar-refractivity contribution is 7.99. The highest BCUT2D eigenvalue weighted by atomic mass is 35.5. The Morgan fingerprint density at radius 3 is 2.53 bits per heavy atom. The molecule has 0 aliphatic rings. The summed E-state index contributed by atoms with van der Waals surface area (Å²) in [6, 6.07) is 12.4. The first kappa shape index (κ1) is 22.7. The second-order valence-electron chi connectivity index (χ2n) is 6.20. The van der Waals surface area contributed by atoms with E-state index in [9.17, 15) is 4.79 Å². The molecule has 0 spiro atoms. The van der Waals surface area contributed by atoms with Crippen LogP contribution in [0.25, 0.3) is 0 Å². The van der Waals surface area contributed by atoms with Crippen molar-refractivity contribution in [1.82, 2.24) is 20.1 Å². The number of carbonyl (C=O) groups is 1. The zero-order chi connectivity index (χ0) is 21.5. The SMILES string of the molecule is CCn1c(COc2ccc(Cl)cc2Cl)nnc1SCC(=O)NCc1ccc(Cl)cc1. The number of benzene rings is 2. The molecule has 3 aromatic rings. The second kappa shape index (κ2) is 10.9. The molecule has 0 unspecified atom stereocenters. The highest BCUT2D eigenvalue weighted by Gasteiger charge is 2.14. The summed E-state index contributed by atoms with van der Waals surface area (Å²) in [7, 11) is 0. The summed E-state index contributed by atoms with van der Waals surface area (Å²) in [6.45, 7) is 3.27. The van der Waals surface area contributed by atoms with Crippen molar-refractivity contribution in [2.75, 3.05) is 5.75 Å². The monoisotopic (exact) mass is 484 g/mol. The van der Waals surface area contributed by atoms with Gasteiger partial charge in [0.15, 0.2) is 11.0 Å². The van der Waals surface area contributed by atoms with E-state index in [-0.39, 0.29) is 18.3 Å². The number of nitrogens with one attached hydrogen (secondary N) is 1. The van der Waals surface area contributed by atoms with Crippen molar-refractivity contribution in [2.24, 2.45) is 0 Å². The molecule has 0 saturated carbocycles. The van der Waals surface area contributed by atoms with E-state index in [1.54, 1.807) is 30.3 Å². The molecule has 158 valence electrons. The molecule has 30 heavy (non-hydrogen) atoms. The standard InChI is InChI=1S/C20H19Cl3N4O2S/c1-2-27-18(11-29-17-8-7-15(22)9-16(17)23)25-26-20(27)30-12-19(28)24-10-13-3-5-14(21)6-4-13/h3-9H,2,10-12H2,1H3,(H,24,28). The van der Waals surface area contributed by atoms with Crippen molar-refractivity contribution >= 4 is 52.5 Å². The van der Waals surface area contributed by atoms with E-state index in [2.05, 4.69) is 15.5 Å². The molecule has 2 aromatic carbocycles. The average molecular weight is 486 g/mol. The molecule has 1 aromatic heterocycles. The Kier molecular flexibility index (Phi) is 8.27. The van der Waals surface area contributed by atoms with Gasteiger partial charge in [0.1, 0.15) is 12.4 Å². The number of hydrogen-bond donors (Lipinski definition) is 1. The quantitative estimate of drug-likeness (QED) is 0.419. The number of hydrogen-bond acceptors (Lipinski definition) is 5. The minimum atomic E-state index is -0.0913. The fourth-order valence-corrected chi connectivity index (χ4v) is 4.01. The fourth-order valence-electron chi connectivity index (χ4n) is 2.57. The van der Waals surface area contributed by atoms with Crippen LogP contribution in [-0.2, 0) is 24.5 Å². The van der Waals surface area contributed by atoms with E-state index >= 15 is 0 Å². The number of aromatic nitrogens is 3. The number of carbonyl (C=O) groups excluding carboxylic acids is 1. The highest BCUT2D eigenvalue weighted by Crippen LogP contribution is 2.28. The maximum Gasteiger partial charge on any atom is 0.230 e. The molecule has 0 bridgehead atoms. The van der Waals surface area contributed by atoms with Gasteiger partial charge >= 0.3 is 0 Å². The van der Waals surface area contributed by atoms with Gasteiger partial charge < -0.3 is 14.6 Å². The molecule has 1 heterocycles. The van der Waals surface area contributed by atoms with E-state index in [4.69, 9.17) is 39.5 Å². The molecular formula is C20H19Cl3N4O2S. The zero-order valence-electron chi connectivity index (χ0n) is 16.1. The van der Waals surface area contributed by atoms with Crippen LogP contribution in [0.4, 0.5) is 0 Å². The van der Waals surface area contributed by atoms with E-state index in [1.165, 1.54) is 11.8 Å². The number of halogens is 3. The Balaban J connectivity index is 1.53. The Morgan fingerprint density at radius 2 is 1.83 bits per heavy atom. The van der Waals surface area contributed by atoms with Gasteiger partial charge in [0.05, 0.1) is 10.8 Å². The first-order valence-electron chi connectivity index (χ1n) is 9.10. The molecule has 0 aliphatic carbocycles. The van der Waals surface area contributed by atoms with E-state index in [0.717, 1.165) is 5.56 Å². The van der Waals surface area contributed by atoms with Crippen LogP contribution < -0.4 is 10.1 Å². The predicted molar refractivity (Wildman–Crippen MR) is 121 cm³/mol. The molecule has 6 nitrogen and oxygen atoms in total. The van der Waals surface area contributed by atoms with Crippen LogP contribution in [-0.4, -0.2) is 26.4 Å². The van der Waals surface area contributed by atoms with Crippen LogP contribution in [0.3, 0.4) is 0 Å². The van der Waals surface area contributed by atoms with Gasteiger partial charge in [-0.1, -0.05) is 58.7 Å². The molecule has 0 aliphatic heterocycles. The van der Waals surface area contributed by atoms with Crippen molar-refractivity contribution in [3.05, 3.63) is 68.9 Å². The van der Waals surface area contributed by atoms with Gasteiger partial charge in [0.25, 0.3) is 0 Å². The Labute approximate surface area is 193 Å². The molecular weight excluding hydrogens is 467 g/mol. The van der Waals surface area contributed by atoms with Crippen molar-refractivity contribution in [3.63, 3.8) is 0 Å². The minimum absolute atomic E-state index is 0.0913. The van der Waals surface area contributed by atoms with Crippen molar-refractivity contribution in [1.29, 1.82) is 0 Å². The fraction of sp³-hybridized carbons (Fsp3) is 0.250. The lowest BCUT2D eigenvalue weighted by Crippen LogP contribution is -2.24. The number of rotatable bonds is 9. The normalized spacial score (nSPS) is 10.8. The summed E-state index contributed by atoms with van der Waals surface area (Å²) in [5.41, 5.74) is 0.981. The van der Waals surface area contributed by atoms with Gasteiger partial charge in [-0.2, -0.15) is 0 Å². The smallest absolute Gasteiger partial charge is 0.230 e.